The molecule has 0 spiro atoms. The standard InChI is InChI=1S/C22H22F5N3O4/c1-34-17-13(15-9-3-2-6-22(26,27)18(31)10(9)7-28-15)14(23)11(19(24)25)12-16(17)30(8-4-5-8)21(33)29-20(12)32/h2-3,8-10,15,18-19,28,31H,4-7H2,1H3,(H,29,32,33). The van der Waals surface area contributed by atoms with Gasteiger partial charge in [0.25, 0.3) is 17.9 Å². The molecular formula is C22H22F5N3O4. The summed E-state index contributed by atoms with van der Waals surface area (Å²) in [5, 5.41) is 12.5. The zero-order valence-electron chi connectivity index (χ0n) is 18.0. The number of benzene rings is 1. The van der Waals surface area contributed by atoms with Crippen molar-refractivity contribution in [1.29, 1.82) is 0 Å². The van der Waals surface area contributed by atoms with Gasteiger partial charge in [-0.05, 0) is 12.8 Å². The SMILES string of the molecule is COc1c(C2NCC3C2C=CCC(F)(F)C3O)c(F)c(C(F)F)c2c(=O)[nH]c(=O)n(C3CC3)c12. The number of hydrogen-bond donors (Lipinski definition) is 3. The number of ether oxygens (including phenoxy) is 1. The van der Waals surface area contributed by atoms with E-state index in [0.29, 0.717) is 12.8 Å². The van der Waals surface area contributed by atoms with Gasteiger partial charge in [0.2, 0.25) is 0 Å². The summed E-state index contributed by atoms with van der Waals surface area (Å²) in [7, 11) is 1.15. The lowest BCUT2D eigenvalue weighted by atomic mass is 9.82. The summed E-state index contributed by atoms with van der Waals surface area (Å²) < 4.78 is 79.2. The molecule has 1 aromatic carbocycles. The molecule has 12 heteroatoms. The van der Waals surface area contributed by atoms with Gasteiger partial charge in [-0.3, -0.25) is 14.3 Å². The van der Waals surface area contributed by atoms with Crippen molar-refractivity contribution >= 4 is 10.9 Å². The minimum atomic E-state index is -3.41. The van der Waals surface area contributed by atoms with Crippen LogP contribution in [0.5, 0.6) is 5.75 Å². The number of aromatic nitrogens is 2. The van der Waals surface area contributed by atoms with Gasteiger partial charge >= 0.3 is 5.69 Å². The molecule has 7 nitrogen and oxygen atoms in total. The minimum Gasteiger partial charge on any atom is -0.494 e. The van der Waals surface area contributed by atoms with Crippen molar-refractivity contribution in [3.05, 3.63) is 49.9 Å². The largest absolute Gasteiger partial charge is 0.494 e. The Morgan fingerprint density at radius 1 is 1.26 bits per heavy atom. The first-order valence-electron chi connectivity index (χ1n) is 10.9. The first kappa shape index (κ1) is 23.0. The van der Waals surface area contributed by atoms with Crippen LogP contribution in [-0.4, -0.2) is 40.3 Å². The van der Waals surface area contributed by atoms with E-state index >= 15 is 4.39 Å². The Balaban J connectivity index is 1.82. The van der Waals surface area contributed by atoms with Gasteiger partial charge in [-0.1, -0.05) is 12.2 Å². The van der Waals surface area contributed by atoms with Gasteiger partial charge in [-0.15, -0.1) is 0 Å². The van der Waals surface area contributed by atoms with Crippen molar-refractivity contribution in [1.82, 2.24) is 14.9 Å². The van der Waals surface area contributed by atoms with Gasteiger partial charge in [0.15, 0.2) is 5.75 Å². The monoisotopic (exact) mass is 487 g/mol. The van der Waals surface area contributed by atoms with Crippen LogP contribution in [-0.2, 0) is 0 Å². The summed E-state index contributed by atoms with van der Waals surface area (Å²) in [6.45, 7) is -0.133. The fourth-order valence-corrected chi connectivity index (χ4v) is 5.34. The van der Waals surface area contributed by atoms with E-state index in [2.05, 4.69) is 5.32 Å². The van der Waals surface area contributed by atoms with Crippen LogP contribution in [0.1, 0.15) is 48.9 Å². The van der Waals surface area contributed by atoms with Gasteiger partial charge in [0.1, 0.15) is 17.4 Å². The lowest BCUT2D eigenvalue weighted by Crippen LogP contribution is -2.40. The van der Waals surface area contributed by atoms with Gasteiger partial charge in [-0.2, -0.15) is 0 Å². The molecule has 0 radical (unpaired) electrons. The summed E-state index contributed by atoms with van der Waals surface area (Å²) in [6, 6.07) is -1.50. The van der Waals surface area contributed by atoms with Crippen molar-refractivity contribution in [2.45, 2.75) is 49.8 Å². The maximum Gasteiger partial charge on any atom is 0.329 e. The molecule has 2 aliphatic carbocycles. The third kappa shape index (κ3) is 3.29. The van der Waals surface area contributed by atoms with Gasteiger partial charge in [-0.25, -0.2) is 26.7 Å². The molecule has 1 saturated heterocycles. The topological polar surface area (TPSA) is 96.3 Å². The molecule has 1 saturated carbocycles. The number of nitrogens with zero attached hydrogens (tertiary/aromatic N) is 1. The molecule has 3 aliphatic rings. The third-order valence-electron chi connectivity index (χ3n) is 7.03. The molecule has 3 N–H and O–H groups in total. The van der Waals surface area contributed by atoms with Crippen molar-refractivity contribution in [2.75, 3.05) is 13.7 Å². The van der Waals surface area contributed by atoms with E-state index < -0.39 is 70.8 Å². The predicted octanol–water partition coefficient (Wildman–Crippen LogP) is 2.94. The summed E-state index contributed by atoms with van der Waals surface area (Å²) in [6.07, 6.45) is -2.47. The number of methoxy groups -OCH3 is 1. The number of aliphatic hydroxyl groups excluding tert-OH is 1. The smallest absolute Gasteiger partial charge is 0.329 e. The average molecular weight is 487 g/mol. The molecule has 4 unspecified atom stereocenters. The highest BCUT2D eigenvalue weighted by atomic mass is 19.3. The van der Waals surface area contributed by atoms with E-state index in [1.54, 1.807) is 0 Å². The van der Waals surface area contributed by atoms with Crippen molar-refractivity contribution < 1.29 is 31.8 Å². The Bertz CT molecular complexity index is 1300. The molecule has 2 aromatic rings. The molecular weight excluding hydrogens is 465 g/mol. The van der Waals surface area contributed by atoms with E-state index in [9.17, 15) is 32.3 Å². The number of rotatable bonds is 4. The molecule has 0 amide bonds. The second kappa shape index (κ2) is 7.91. The van der Waals surface area contributed by atoms with Crippen molar-refractivity contribution in [2.24, 2.45) is 11.8 Å². The van der Waals surface area contributed by atoms with Crippen LogP contribution in [0.25, 0.3) is 10.9 Å². The molecule has 2 fully saturated rings. The highest BCUT2D eigenvalue weighted by Crippen LogP contribution is 2.50. The van der Waals surface area contributed by atoms with Crippen LogP contribution in [0.15, 0.2) is 21.7 Å². The molecule has 4 atom stereocenters. The third-order valence-corrected chi connectivity index (χ3v) is 7.03. The summed E-state index contributed by atoms with van der Waals surface area (Å²) >= 11 is 0. The van der Waals surface area contributed by atoms with Gasteiger partial charge in [0, 0.05) is 36.9 Å². The highest BCUT2D eigenvalue weighted by Gasteiger charge is 2.52. The number of aromatic amines is 1. The number of alkyl halides is 4. The second-order valence-electron chi connectivity index (χ2n) is 9.02. The Hall–Kier alpha value is -2.73. The molecule has 1 aliphatic heterocycles. The van der Waals surface area contributed by atoms with Crippen molar-refractivity contribution in [3.63, 3.8) is 0 Å². The zero-order valence-corrected chi connectivity index (χ0v) is 18.0. The zero-order chi connectivity index (χ0) is 24.5. The summed E-state index contributed by atoms with van der Waals surface area (Å²) in [4.78, 5) is 27.2. The number of H-pyrrole nitrogens is 1. The normalized spacial score (nSPS) is 28.4. The Morgan fingerprint density at radius 2 is 1.97 bits per heavy atom. The van der Waals surface area contributed by atoms with Crippen LogP contribution >= 0.6 is 0 Å². The van der Waals surface area contributed by atoms with Gasteiger partial charge in [0.05, 0.1) is 23.6 Å². The molecule has 0 bridgehead atoms. The predicted molar refractivity (Wildman–Crippen MR) is 111 cm³/mol. The maximum absolute atomic E-state index is 15.8. The average Bonchev–Trinajstić information content (AvgIpc) is 3.53. The first-order chi connectivity index (χ1) is 16.1. The van der Waals surface area contributed by atoms with Crippen LogP contribution in [0.2, 0.25) is 0 Å². The van der Waals surface area contributed by atoms with E-state index in [1.165, 1.54) is 12.2 Å². The quantitative estimate of drug-likeness (QED) is 0.455. The van der Waals surface area contributed by atoms with Crippen LogP contribution in [0, 0.1) is 17.7 Å². The summed E-state index contributed by atoms with van der Waals surface area (Å²) in [5.41, 5.74) is -3.83. The Morgan fingerprint density at radius 3 is 2.59 bits per heavy atom. The Labute approximate surface area is 189 Å². The summed E-state index contributed by atoms with van der Waals surface area (Å²) in [5.74, 6) is -7.02. The number of fused-ring (bicyclic) bond motifs is 2. The van der Waals surface area contributed by atoms with E-state index in [-0.39, 0.29) is 29.4 Å². The van der Waals surface area contributed by atoms with E-state index in [1.807, 2.05) is 4.98 Å². The fraction of sp³-hybridized carbons (Fsp3) is 0.545. The lowest BCUT2D eigenvalue weighted by Gasteiger charge is -2.28. The van der Waals surface area contributed by atoms with E-state index in [0.717, 1.165) is 11.7 Å². The Kier molecular flexibility index (Phi) is 5.36. The second-order valence-corrected chi connectivity index (χ2v) is 9.02. The van der Waals surface area contributed by atoms with Crippen LogP contribution < -0.4 is 21.3 Å². The fourth-order valence-electron chi connectivity index (χ4n) is 5.34. The maximum atomic E-state index is 15.8. The van der Waals surface area contributed by atoms with Gasteiger partial charge < -0.3 is 15.2 Å². The number of halogens is 5. The molecule has 184 valence electrons. The highest BCUT2D eigenvalue weighted by molar-refractivity contribution is 5.90. The van der Waals surface area contributed by atoms with Crippen molar-refractivity contribution in [3.8, 4) is 5.75 Å². The number of aliphatic hydroxyl groups is 1. The van der Waals surface area contributed by atoms with Crippen LogP contribution in [0.3, 0.4) is 0 Å². The molecule has 2 heterocycles. The van der Waals surface area contributed by atoms with E-state index in [4.69, 9.17) is 4.74 Å². The number of allylic oxidation sites excluding steroid dienone is 1. The first-order valence-corrected chi connectivity index (χ1v) is 10.9. The van der Waals surface area contributed by atoms with Crippen LogP contribution in [0.4, 0.5) is 22.0 Å². The number of nitrogens with one attached hydrogen (secondary N) is 2. The molecule has 34 heavy (non-hydrogen) atoms. The number of hydrogen-bond acceptors (Lipinski definition) is 5. The molecule has 1 aromatic heterocycles. The lowest BCUT2D eigenvalue weighted by molar-refractivity contribution is -0.127. The minimum absolute atomic E-state index is 0.133. The molecule has 5 rings (SSSR count).